The van der Waals surface area contributed by atoms with Crippen LogP contribution >= 0.6 is 0 Å². The number of hydrogen-bond donors (Lipinski definition) is 1. The number of hydrogen-bond acceptors (Lipinski definition) is 7. The molecule has 0 aromatic heterocycles. The molecule has 1 aliphatic heterocycles. The summed E-state index contributed by atoms with van der Waals surface area (Å²) in [5, 5.41) is 14.1. The first-order valence-electron chi connectivity index (χ1n) is 10.1. The number of benzene rings is 2. The number of amides is 1. The maximum atomic E-state index is 12.7. The fourth-order valence-corrected chi connectivity index (χ4v) is 3.52. The van der Waals surface area contributed by atoms with E-state index in [1.165, 1.54) is 12.1 Å². The van der Waals surface area contributed by atoms with Crippen molar-refractivity contribution >= 4 is 23.3 Å². The minimum absolute atomic E-state index is 0.0180. The van der Waals surface area contributed by atoms with Crippen LogP contribution in [0.2, 0.25) is 0 Å². The van der Waals surface area contributed by atoms with Crippen LogP contribution in [0.15, 0.2) is 42.5 Å². The number of esters is 1. The predicted octanol–water partition coefficient (Wildman–Crippen LogP) is 3.18. The number of nitro benzene ring substituents is 1. The zero-order valence-electron chi connectivity index (χ0n) is 17.5. The van der Waals surface area contributed by atoms with Crippen molar-refractivity contribution in [3.63, 3.8) is 0 Å². The van der Waals surface area contributed by atoms with Crippen molar-refractivity contribution in [1.29, 1.82) is 0 Å². The number of nitrogens with one attached hydrogen (secondary N) is 1. The summed E-state index contributed by atoms with van der Waals surface area (Å²) in [5.41, 5.74) is 0.804. The fourth-order valence-electron chi connectivity index (χ4n) is 3.52. The lowest BCUT2D eigenvalue weighted by atomic mass is 10.0. The number of nitrogens with zero attached hydrogens (tertiary/aromatic N) is 2. The minimum Gasteiger partial charge on any atom is -0.497 e. The van der Waals surface area contributed by atoms with E-state index >= 15 is 0 Å². The molecule has 1 heterocycles. The van der Waals surface area contributed by atoms with Crippen LogP contribution < -0.4 is 15.0 Å². The number of carbonyl (C=O) groups excluding carboxylic acids is 2. The van der Waals surface area contributed by atoms with Crippen molar-refractivity contribution in [3.8, 4) is 5.75 Å². The van der Waals surface area contributed by atoms with Crippen molar-refractivity contribution < 1.29 is 24.0 Å². The van der Waals surface area contributed by atoms with Gasteiger partial charge in [-0.05, 0) is 50.1 Å². The molecule has 9 heteroatoms. The van der Waals surface area contributed by atoms with Gasteiger partial charge in [0.1, 0.15) is 5.75 Å². The zero-order chi connectivity index (χ0) is 22.4. The van der Waals surface area contributed by atoms with Gasteiger partial charge in [0.15, 0.2) is 0 Å². The lowest BCUT2D eigenvalue weighted by Gasteiger charge is -2.34. The molecule has 1 aliphatic rings. The van der Waals surface area contributed by atoms with E-state index in [1.807, 2.05) is 24.3 Å². The number of piperidine rings is 1. The maximum Gasteiger partial charge on any atom is 0.338 e. The molecule has 0 aliphatic carbocycles. The smallest absolute Gasteiger partial charge is 0.338 e. The van der Waals surface area contributed by atoms with Crippen LogP contribution in [0.25, 0.3) is 0 Å². The van der Waals surface area contributed by atoms with Gasteiger partial charge in [-0.2, -0.15) is 0 Å². The molecule has 1 N–H and O–H groups in total. The minimum atomic E-state index is -0.701. The molecule has 0 saturated carbocycles. The fraction of sp³-hybridized carbons (Fsp3) is 0.364. The van der Waals surface area contributed by atoms with Crippen molar-refractivity contribution in [2.45, 2.75) is 25.8 Å². The molecule has 2 aromatic rings. The van der Waals surface area contributed by atoms with Crippen LogP contribution in [0, 0.1) is 10.1 Å². The maximum absolute atomic E-state index is 12.7. The number of carbonyl (C=O) groups is 2. The standard InChI is InChI=1S/C22H25N3O6/c1-3-31-22(27)16-12-15(13-19(14-16)25(28)29)21(26)23-17-8-10-24(11-9-17)18-4-6-20(30-2)7-5-18/h4-7,12-14,17H,3,8-11H2,1-2H3,(H,23,26). The highest BCUT2D eigenvalue weighted by atomic mass is 16.6. The topological polar surface area (TPSA) is 111 Å². The molecule has 3 rings (SSSR count). The van der Waals surface area contributed by atoms with Crippen LogP contribution in [-0.2, 0) is 4.74 Å². The third-order valence-corrected chi connectivity index (χ3v) is 5.17. The third kappa shape index (κ3) is 5.50. The van der Waals surface area contributed by atoms with Gasteiger partial charge in [-0.25, -0.2) is 4.79 Å². The number of rotatable bonds is 7. The van der Waals surface area contributed by atoms with Gasteiger partial charge in [-0.1, -0.05) is 0 Å². The van der Waals surface area contributed by atoms with E-state index in [0.29, 0.717) is 0 Å². The monoisotopic (exact) mass is 427 g/mol. The molecule has 9 nitrogen and oxygen atoms in total. The molecule has 0 atom stereocenters. The van der Waals surface area contributed by atoms with Crippen LogP contribution in [0.3, 0.4) is 0 Å². The summed E-state index contributed by atoms with van der Waals surface area (Å²) in [6, 6.07) is 11.4. The second-order valence-electron chi connectivity index (χ2n) is 7.18. The first-order chi connectivity index (χ1) is 14.9. The highest BCUT2D eigenvalue weighted by Crippen LogP contribution is 2.23. The zero-order valence-corrected chi connectivity index (χ0v) is 17.5. The lowest BCUT2D eigenvalue weighted by molar-refractivity contribution is -0.384. The van der Waals surface area contributed by atoms with E-state index in [2.05, 4.69) is 10.2 Å². The molecular formula is C22H25N3O6. The SMILES string of the molecule is CCOC(=O)c1cc(C(=O)NC2CCN(c3ccc(OC)cc3)CC2)cc([N+](=O)[O-])c1. The van der Waals surface area contributed by atoms with Gasteiger partial charge in [0.05, 0.1) is 24.2 Å². The largest absolute Gasteiger partial charge is 0.497 e. The van der Waals surface area contributed by atoms with E-state index in [-0.39, 0.29) is 29.5 Å². The Morgan fingerprint density at radius 3 is 2.35 bits per heavy atom. The second kappa shape index (κ2) is 9.92. The van der Waals surface area contributed by atoms with Gasteiger partial charge in [0, 0.05) is 42.5 Å². The number of anilines is 1. The van der Waals surface area contributed by atoms with E-state index in [0.717, 1.165) is 43.4 Å². The number of nitro groups is 1. The van der Waals surface area contributed by atoms with Gasteiger partial charge in [-0.3, -0.25) is 14.9 Å². The van der Waals surface area contributed by atoms with E-state index in [1.54, 1.807) is 14.0 Å². The molecule has 31 heavy (non-hydrogen) atoms. The third-order valence-electron chi connectivity index (χ3n) is 5.17. The molecule has 1 fully saturated rings. The van der Waals surface area contributed by atoms with Gasteiger partial charge in [0.25, 0.3) is 11.6 Å². The van der Waals surface area contributed by atoms with E-state index < -0.39 is 16.8 Å². The van der Waals surface area contributed by atoms with Crippen LogP contribution in [0.5, 0.6) is 5.75 Å². The Kier molecular flexibility index (Phi) is 7.07. The quantitative estimate of drug-likeness (QED) is 0.410. The predicted molar refractivity (Wildman–Crippen MR) is 115 cm³/mol. The Labute approximate surface area is 180 Å². The number of ether oxygens (including phenoxy) is 2. The highest BCUT2D eigenvalue weighted by molar-refractivity contribution is 5.99. The average molecular weight is 427 g/mol. The number of non-ortho nitro benzene ring substituents is 1. The first-order valence-corrected chi connectivity index (χ1v) is 10.1. The normalized spacial score (nSPS) is 14.1. The molecule has 2 aromatic carbocycles. The summed E-state index contributed by atoms with van der Waals surface area (Å²) >= 11 is 0. The molecule has 0 spiro atoms. The first kappa shape index (κ1) is 22.1. The van der Waals surface area contributed by atoms with Gasteiger partial charge < -0.3 is 19.7 Å². The summed E-state index contributed by atoms with van der Waals surface area (Å²) in [7, 11) is 1.63. The van der Waals surface area contributed by atoms with Crippen LogP contribution in [-0.4, -0.2) is 49.6 Å². The Morgan fingerprint density at radius 1 is 1.13 bits per heavy atom. The molecule has 1 saturated heterocycles. The summed E-state index contributed by atoms with van der Waals surface area (Å²) < 4.78 is 10.1. The molecule has 0 bridgehead atoms. The lowest BCUT2D eigenvalue weighted by Crippen LogP contribution is -2.44. The van der Waals surface area contributed by atoms with Gasteiger partial charge in [-0.15, -0.1) is 0 Å². The molecule has 0 unspecified atom stereocenters. The van der Waals surface area contributed by atoms with Gasteiger partial charge >= 0.3 is 5.97 Å². The van der Waals surface area contributed by atoms with Crippen molar-refractivity contribution in [2.24, 2.45) is 0 Å². The number of methoxy groups -OCH3 is 1. The molecular weight excluding hydrogens is 402 g/mol. The van der Waals surface area contributed by atoms with E-state index in [9.17, 15) is 19.7 Å². The Balaban J connectivity index is 1.65. The molecule has 1 amide bonds. The summed E-state index contributed by atoms with van der Waals surface area (Å²) in [5.74, 6) is -0.352. The molecule has 0 radical (unpaired) electrons. The highest BCUT2D eigenvalue weighted by Gasteiger charge is 2.24. The van der Waals surface area contributed by atoms with Crippen molar-refractivity contribution in [2.75, 3.05) is 31.7 Å². The Morgan fingerprint density at radius 2 is 1.77 bits per heavy atom. The summed E-state index contributed by atoms with van der Waals surface area (Å²) in [4.78, 5) is 37.6. The Bertz CT molecular complexity index is 952. The van der Waals surface area contributed by atoms with Crippen molar-refractivity contribution in [3.05, 3.63) is 63.7 Å². The van der Waals surface area contributed by atoms with Gasteiger partial charge in [0.2, 0.25) is 0 Å². The summed E-state index contributed by atoms with van der Waals surface area (Å²) in [6.07, 6.45) is 1.47. The molecule has 164 valence electrons. The summed E-state index contributed by atoms with van der Waals surface area (Å²) in [6.45, 7) is 3.30. The van der Waals surface area contributed by atoms with Crippen molar-refractivity contribution in [1.82, 2.24) is 5.32 Å². The average Bonchev–Trinajstić information content (AvgIpc) is 2.79. The second-order valence-corrected chi connectivity index (χ2v) is 7.18. The van der Waals surface area contributed by atoms with Crippen LogP contribution in [0.1, 0.15) is 40.5 Å². The Hall–Kier alpha value is -3.62. The van der Waals surface area contributed by atoms with Crippen LogP contribution in [0.4, 0.5) is 11.4 Å². The van der Waals surface area contributed by atoms with E-state index in [4.69, 9.17) is 9.47 Å².